The number of benzene rings is 2. The lowest BCUT2D eigenvalue weighted by molar-refractivity contribution is -0.123. The number of halogens is 2. The van der Waals surface area contributed by atoms with Gasteiger partial charge in [-0.05, 0) is 29.8 Å². The van der Waals surface area contributed by atoms with Crippen LogP contribution in [0.15, 0.2) is 42.5 Å². The van der Waals surface area contributed by atoms with Gasteiger partial charge in [-0.15, -0.1) is 0 Å². The molecule has 0 fully saturated rings. The third kappa shape index (κ3) is 4.77. The largest absolute Gasteiger partial charge is 0.497 e. The number of hydrogen-bond donors (Lipinski definition) is 2. The number of carbonyl (C=O) groups excluding carboxylic acids is 2. The monoisotopic (exact) mass is 334 g/mol. The maximum absolute atomic E-state index is 13.4. The lowest BCUT2D eigenvalue weighted by Gasteiger charge is -2.09. The van der Waals surface area contributed by atoms with Gasteiger partial charge in [0.05, 0.1) is 20.1 Å². The van der Waals surface area contributed by atoms with E-state index in [1.54, 1.807) is 31.4 Å². The van der Waals surface area contributed by atoms with Crippen LogP contribution >= 0.6 is 0 Å². The number of ether oxygens (including phenoxy) is 1. The molecule has 0 heterocycles. The highest BCUT2D eigenvalue weighted by molar-refractivity contribution is 5.94. The summed E-state index contributed by atoms with van der Waals surface area (Å²) in [6, 6.07) is 10.1. The van der Waals surface area contributed by atoms with Crippen LogP contribution in [0.1, 0.15) is 5.56 Å². The summed E-state index contributed by atoms with van der Waals surface area (Å²) >= 11 is 0. The minimum Gasteiger partial charge on any atom is -0.497 e. The lowest BCUT2D eigenvalue weighted by atomic mass is 10.1. The first-order chi connectivity index (χ1) is 11.5. The normalized spacial score (nSPS) is 10.1. The van der Waals surface area contributed by atoms with E-state index in [9.17, 15) is 18.4 Å². The number of para-hydroxylation sites is 1. The van der Waals surface area contributed by atoms with Crippen molar-refractivity contribution in [1.29, 1.82) is 0 Å². The molecule has 2 amide bonds. The van der Waals surface area contributed by atoms with Gasteiger partial charge in [0.2, 0.25) is 11.8 Å². The van der Waals surface area contributed by atoms with E-state index in [-0.39, 0.29) is 18.9 Å². The molecule has 0 bridgehead atoms. The Labute approximate surface area is 137 Å². The van der Waals surface area contributed by atoms with Crippen molar-refractivity contribution in [3.8, 4) is 5.75 Å². The van der Waals surface area contributed by atoms with Gasteiger partial charge in [0.15, 0.2) is 0 Å². The average molecular weight is 334 g/mol. The predicted molar refractivity (Wildman–Crippen MR) is 84.7 cm³/mol. The molecule has 0 aromatic heterocycles. The second kappa shape index (κ2) is 8.05. The fourth-order valence-corrected chi connectivity index (χ4v) is 1.97. The fourth-order valence-electron chi connectivity index (χ4n) is 1.97. The molecule has 0 saturated heterocycles. The van der Waals surface area contributed by atoms with Gasteiger partial charge in [-0.25, -0.2) is 8.78 Å². The minimum absolute atomic E-state index is 0.0747. The Kier molecular flexibility index (Phi) is 5.83. The van der Waals surface area contributed by atoms with Gasteiger partial charge >= 0.3 is 0 Å². The highest BCUT2D eigenvalue weighted by Crippen LogP contribution is 2.17. The van der Waals surface area contributed by atoms with Crippen molar-refractivity contribution < 1.29 is 23.1 Å². The summed E-state index contributed by atoms with van der Waals surface area (Å²) in [6.07, 6.45) is 0.0747. The molecule has 0 atom stereocenters. The summed E-state index contributed by atoms with van der Waals surface area (Å²) in [6.45, 7) is -0.386. The summed E-state index contributed by atoms with van der Waals surface area (Å²) in [4.78, 5) is 23.5. The van der Waals surface area contributed by atoms with E-state index < -0.39 is 23.2 Å². The van der Waals surface area contributed by atoms with Gasteiger partial charge in [0.25, 0.3) is 0 Å². The van der Waals surface area contributed by atoms with E-state index in [2.05, 4.69) is 10.6 Å². The Hall–Kier alpha value is -2.96. The van der Waals surface area contributed by atoms with Gasteiger partial charge in [0, 0.05) is 0 Å². The topological polar surface area (TPSA) is 67.4 Å². The molecule has 0 saturated carbocycles. The van der Waals surface area contributed by atoms with Gasteiger partial charge < -0.3 is 15.4 Å². The van der Waals surface area contributed by atoms with E-state index in [0.717, 1.165) is 17.7 Å². The molecule has 0 spiro atoms. The lowest BCUT2D eigenvalue weighted by Crippen LogP contribution is -2.34. The second-order valence-electron chi connectivity index (χ2n) is 4.95. The molecule has 0 aliphatic rings. The molecular formula is C17H16F2N2O3. The second-order valence-corrected chi connectivity index (χ2v) is 4.95. The van der Waals surface area contributed by atoms with E-state index in [4.69, 9.17) is 4.74 Å². The molecule has 2 aromatic carbocycles. The number of methoxy groups -OCH3 is 1. The molecule has 0 radical (unpaired) electrons. The van der Waals surface area contributed by atoms with E-state index in [1.165, 1.54) is 6.07 Å². The van der Waals surface area contributed by atoms with Crippen molar-refractivity contribution in [2.45, 2.75) is 6.42 Å². The van der Waals surface area contributed by atoms with Crippen LogP contribution in [-0.4, -0.2) is 25.5 Å². The summed E-state index contributed by atoms with van der Waals surface area (Å²) < 4.78 is 31.8. The molecule has 2 rings (SSSR count). The van der Waals surface area contributed by atoms with Crippen LogP contribution in [0.2, 0.25) is 0 Å². The first-order valence-corrected chi connectivity index (χ1v) is 7.13. The molecule has 0 unspecified atom stereocenters. The predicted octanol–water partition coefficient (Wildman–Crippen LogP) is 2.27. The number of nitrogens with one attached hydrogen (secondary N) is 2. The number of hydrogen-bond acceptors (Lipinski definition) is 3. The highest BCUT2D eigenvalue weighted by atomic mass is 19.1. The third-order valence-electron chi connectivity index (χ3n) is 3.20. The molecule has 126 valence electrons. The summed E-state index contributed by atoms with van der Waals surface area (Å²) in [7, 11) is 1.54. The zero-order valence-corrected chi connectivity index (χ0v) is 12.9. The molecular weight excluding hydrogens is 318 g/mol. The molecule has 5 nitrogen and oxygen atoms in total. The van der Waals surface area contributed by atoms with Crippen molar-refractivity contribution in [2.24, 2.45) is 0 Å². The quantitative estimate of drug-likeness (QED) is 0.852. The first-order valence-electron chi connectivity index (χ1n) is 7.13. The van der Waals surface area contributed by atoms with Crippen LogP contribution in [0, 0.1) is 11.6 Å². The fraction of sp³-hybridized carbons (Fsp3) is 0.176. The Morgan fingerprint density at radius 1 is 1.00 bits per heavy atom. The van der Waals surface area contributed by atoms with Gasteiger partial charge in [-0.3, -0.25) is 9.59 Å². The van der Waals surface area contributed by atoms with Gasteiger partial charge in [-0.2, -0.15) is 0 Å². The molecule has 0 aliphatic heterocycles. The van der Waals surface area contributed by atoms with Crippen LogP contribution in [0.3, 0.4) is 0 Å². The maximum atomic E-state index is 13.4. The Bertz CT molecular complexity index is 713. The van der Waals surface area contributed by atoms with Gasteiger partial charge in [-0.1, -0.05) is 18.2 Å². The number of anilines is 1. The van der Waals surface area contributed by atoms with Gasteiger partial charge in [0.1, 0.15) is 23.1 Å². The highest BCUT2D eigenvalue weighted by Gasteiger charge is 2.12. The van der Waals surface area contributed by atoms with Crippen LogP contribution in [0.5, 0.6) is 5.75 Å². The zero-order chi connectivity index (χ0) is 17.5. The molecule has 2 aromatic rings. The summed E-state index contributed by atoms with van der Waals surface area (Å²) in [5.41, 5.74) is 0.209. The number of amides is 2. The molecule has 7 heteroatoms. The van der Waals surface area contributed by atoms with Crippen molar-refractivity contribution in [2.75, 3.05) is 19.0 Å². The van der Waals surface area contributed by atoms with Crippen molar-refractivity contribution in [3.05, 3.63) is 59.7 Å². The van der Waals surface area contributed by atoms with E-state index >= 15 is 0 Å². The van der Waals surface area contributed by atoms with Crippen LogP contribution in [-0.2, 0) is 16.0 Å². The maximum Gasteiger partial charge on any atom is 0.243 e. The standard InChI is InChI=1S/C17H16F2N2O3/c1-24-12-7-5-11(6-8-12)9-15(22)20-10-16(23)21-17-13(18)3-2-4-14(17)19/h2-8H,9-10H2,1H3,(H,20,22)(H,21,23). The Morgan fingerprint density at radius 3 is 2.21 bits per heavy atom. The zero-order valence-electron chi connectivity index (χ0n) is 12.9. The van der Waals surface area contributed by atoms with Crippen molar-refractivity contribution >= 4 is 17.5 Å². The number of rotatable bonds is 6. The third-order valence-corrected chi connectivity index (χ3v) is 3.20. The van der Waals surface area contributed by atoms with Crippen LogP contribution in [0.4, 0.5) is 14.5 Å². The first kappa shape index (κ1) is 17.4. The number of carbonyl (C=O) groups is 2. The Morgan fingerprint density at radius 2 is 1.62 bits per heavy atom. The molecule has 24 heavy (non-hydrogen) atoms. The summed E-state index contributed by atoms with van der Waals surface area (Å²) in [5.74, 6) is -2.20. The van der Waals surface area contributed by atoms with E-state index in [0.29, 0.717) is 5.75 Å². The Balaban J connectivity index is 1.83. The van der Waals surface area contributed by atoms with Crippen LogP contribution in [0.25, 0.3) is 0 Å². The summed E-state index contributed by atoms with van der Waals surface area (Å²) in [5, 5.41) is 4.48. The van der Waals surface area contributed by atoms with Crippen LogP contribution < -0.4 is 15.4 Å². The molecule has 0 aliphatic carbocycles. The smallest absolute Gasteiger partial charge is 0.243 e. The van der Waals surface area contributed by atoms with Crippen molar-refractivity contribution in [1.82, 2.24) is 5.32 Å². The van der Waals surface area contributed by atoms with E-state index in [1.807, 2.05) is 0 Å². The van der Waals surface area contributed by atoms with Crippen molar-refractivity contribution in [3.63, 3.8) is 0 Å². The molecule has 2 N–H and O–H groups in total. The minimum atomic E-state index is -0.882. The SMILES string of the molecule is COc1ccc(CC(=O)NCC(=O)Nc2c(F)cccc2F)cc1. The average Bonchev–Trinajstić information content (AvgIpc) is 2.57.